The molecule has 8 heteroatoms. The molecule has 2 aromatic carbocycles. The van der Waals surface area contributed by atoms with E-state index in [2.05, 4.69) is 58.6 Å². The highest BCUT2D eigenvalue weighted by Gasteiger charge is 2.59. The Labute approximate surface area is 304 Å². The average Bonchev–Trinajstić information content (AvgIpc) is 3.31. The van der Waals surface area contributed by atoms with E-state index in [1.807, 2.05) is 38.1 Å². The topological polar surface area (TPSA) is 89.5 Å². The van der Waals surface area contributed by atoms with Gasteiger partial charge >= 0.3 is 5.97 Å². The molecule has 8 atom stereocenters. The van der Waals surface area contributed by atoms with Gasteiger partial charge in [0, 0.05) is 30.8 Å². The Morgan fingerprint density at radius 1 is 1.00 bits per heavy atom. The molecule has 1 unspecified atom stereocenters. The summed E-state index contributed by atoms with van der Waals surface area (Å²) in [6.45, 7) is 17.4. The van der Waals surface area contributed by atoms with Crippen LogP contribution in [0.3, 0.4) is 0 Å². The van der Waals surface area contributed by atoms with Crippen LogP contribution < -0.4 is 9.47 Å². The van der Waals surface area contributed by atoms with Crippen LogP contribution in [0, 0.1) is 23.7 Å². The van der Waals surface area contributed by atoms with Crippen molar-refractivity contribution in [3.63, 3.8) is 0 Å². The molecule has 2 aliphatic carbocycles. The molecule has 0 radical (unpaired) electrons. The number of methoxy groups -OCH3 is 2. The monoisotopic (exact) mass is 700 g/mol. The predicted molar refractivity (Wildman–Crippen MR) is 198 cm³/mol. The van der Waals surface area contributed by atoms with E-state index in [9.17, 15) is 9.59 Å². The summed E-state index contributed by atoms with van der Waals surface area (Å²) < 4.78 is 37.8. The largest absolute Gasteiger partial charge is 0.493 e. The second-order valence-electron chi connectivity index (χ2n) is 14.8. The fourth-order valence-corrected chi connectivity index (χ4v) is 8.41. The molecule has 0 aromatic heterocycles. The first-order chi connectivity index (χ1) is 24.3. The SMILES string of the molecule is C=C(C)[C@@]1(C)C[C@@H](C)[C@]2(OCCC)[C@@H]3C=C(C)C(=O)[C@H]3CC(COC(=O)Cc3ccc(OC)c(OC)c3)=C[C@H]2[C@H](C)OC(Cc2ccccc2)O1. The summed E-state index contributed by atoms with van der Waals surface area (Å²) in [5.41, 5.74) is 2.88. The fourth-order valence-electron chi connectivity index (χ4n) is 8.41. The van der Waals surface area contributed by atoms with Gasteiger partial charge in [-0.15, -0.1) is 0 Å². The molecule has 0 saturated carbocycles. The van der Waals surface area contributed by atoms with Gasteiger partial charge in [0.2, 0.25) is 0 Å². The molecule has 5 rings (SSSR count). The van der Waals surface area contributed by atoms with E-state index in [0.29, 0.717) is 37.4 Å². The maximum atomic E-state index is 14.0. The molecule has 0 bridgehead atoms. The third-order valence-corrected chi connectivity index (χ3v) is 11.2. The van der Waals surface area contributed by atoms with Crippen molar-refractivity contribution in [3.8, 4) is 11.5 Å². The summed E-state index contributed by atoms with van der Waals surface area (Å²) in [5, 5.41) is 0. The Morgan fingerprint density at radius 2 is 1.73 bits per heavy atom. The lowest BCUT2D eigenvalue weighted by atomic mass is 9.63. The summed E-state index contributed by atoms with van der Waals surface area (Å²) in [5.74, 6) is -0.0246. The smallest absolute Gasteiger partial charge is 0.310 e. The van der Waals surface area contributed by atoms with Crippen molar-refractivity contribution in [2.75, 3.05) is 27.4 Å². The van der Waals surface area contributed by atoms with Gasteiger partial charge in [-0.2, -0.15) is 0 Å². The number of ketones is 1. The zero-order chi connectivity index (χ0) is 36.9. The van der Waals surface area contributed by atoms with Crippen LogP contribution in [-0.4, -0.2) is 62.8 Å². The molecule has 51 heavy (non-hydrogen) atoms. The molecule has 8 nitrogen and oxygen atoms in total. The van der Waals surface area contributed by atoms with Crippen molar-refractivity contribution >= 4 is 11.8 Å². The molecule has 1 aliphatic heterocycles. The highest BCUT2D eigenvalue weighted by Crippen LogP contribution is 2.55. The Hall–Kier alpha value is -3.72. The molecule has 2 aromatic rings. The zero-order valence-corrected chi connectivity index (χ0v) is 31.7. The van der Waals surface area contributed by atoms with E-state index < -0.39 is 17.5 Å². The van der Waals surface area contributed by atoms with Gasteiger partial charge in [0.1, 0.15) is 6.61 Å². The van der Waals surface area contributed by atoms with Crippen LogP contribution in [0.4, 0.5) is 0 Å². The number of ether oxygens (including phenoxy) is 6. The molecule has 3 aliphatic rings. The van der Waals surface area contributed by atoms with Gasteiger partial charge in [0.05, 0.1) is 37.9 Å². The summed E-state index contributed by atoms with van der Waals surface area (Å²) >= 11 is 0. The lowest BCUT2D eigenvalue weighted by Gasteiger charge is -2.50. The van der Waals surface area contributed by atoms with Crippen molar-refractivity contribution in [3.05, 3.63) is 95.1 Å². The molecular weight excluding hydrogens is 644 g/mol. The quantitative estimate of drug-likeness (QED) is 0.163. The minimum atomic E-state index is -0.805. The number of carbonyl (C=O) groups is 2. The summed E-state index contributed by atoms with van der Waals surface area (Å²) in [6, 6.07) is 15.6. The van der Waals surface area contributed by atoms with Gasteiger partial charge in [-0.1, -0.05) is 69.0 Å². The van der Waals surface area contributed by atoms with E-state index >= 15 is 0 Å². The first kappa shape index (κ1) is 38.5. The van der Waals surface area contributed by atoms with Crippen LogP contribution in [0.25, 0.3) is 0 Å². The molecule has 1 heterocycles. The van der Waals surface area contributed by atoms with Gasteiger partial charge in [-0.3, -0.25) is 9.59 Å². The van der Waals surface area contributed by atoms with Crippen LogP contribution in [0.15, 0.2) is 84.0 Å². The molecule has 0 amide bonds. The number of benzene rings is 2. The second-order valence-corrected chi connectivity index (χ2v) is 14.8. The summed E-state index contributed by atoms with van der Waals surface area (Å²) in [4.78, 5) is 27.2. The number of carbonyl (C=O) groups excluding carboxylic acids is 2. The molecule has 0 spiro atoms. The second kappa shape index (κ2) is 16.3. The van der Waals surface area contributed by atoms with Crippen LogP contribution in [-0.2, 0) is 41.4 Å². The number of fused-ring (bicyclic) bond motifs is 3. The third kappa shape index (κ3) is 8.19. The molecule has 1 saturated heterocycles. The van der Waals surface area contributed by atoms with Crippen molar-refractivity contribution in [2.45, 2.75) is 97.2 Å². The van der Waals surface area contributed by atoms with Gasteiger partial charge < -0.3 is 28.4 Å². The molecule has 1 fully saturated rings. The number of Topliss-reactive ketones (excluding diaryl/α,β-unsaturated/α-hetero) is 1. The third-order valence-electron chi connectivity index (χ3n) is 11.2. The van der Waals surface area contributed by atoms with Crippen molar-refractivity contribution in [2.24, 2.45) is 23.7 Å². The Bertz CT molecular complexity index is 1630. The maximum Gasteiger partial charge on any atom is 0.310 e. The molecule has 276 valence electrons. The Kier molecular flexibility index (Phi) is 12.3. The zero-order valence-electron chi connectivity index (χ0n) is 31.7. The Balaban J connectivity index is 1.54. The van der Waals surface area contributed by atoms with Gasteiger partial charge in [0.25, 0.3) is 0 Å². The summed E-state index contributed by atoms with van der Waals surface area (Å²) in [7, 11) is 3.14. The minimum absolute atomic E-state index is 0.0660. The van der Waals surface area contributed by atoms with E-state index in [1.165, 1.54) is 0 Å². The van der Waals surface area contributed by atoms with E-state index in [-0.39, 0.29) is 54.6 Å². The number of esters is 1. The lowest BCUT2D eigenvalue weighted by molar-refractivity contribution is -0.219. The molecule has 0 N–H and O–H groups in total. The number of rotatable bonds is 12. The number of allylic oxidation sites excluding steroid dienone is 1. The normalized spacial score (nSPS) is 30.7. The first-order valence-corrected chi connectivity index (χ1v) is 18.3. The highest BCUT2D eigenvalue weighted by molar-refractivity contribution is 6.00. The minimum Gasteiger partial charge on any atom is -0.493 e. The maximum absolute atomic E-state index is 14.0. The standard InChI is InChI=1S/C43H56O8/c1-10-18-49-43-29(5)25-42(7,27(2)3)51-40(24-31-14-12-11-13-15-31)50-30(6)35(43)21-33(20-34-36(43)19-28(4)41(34)45)26-48-39(44)23-32-16-17-37(46-8)38(22-32)47-9/h11-17,19,21-22,29-30,34-36,40H,2,10,18,20,23-26H2,1,3-9H3/t29-,30+,34+,35+,36-,40?,42-,43-/m1/s1. The average molecular weight is 701 g/mol. The summed E-state index contributed by atoms with van der Waals surface area (Å²) in [6.07, 6.45) is 5.94. The van der Waals surface area contributed by atoms with Crippen molar-refractivity contribution < 1.29 is 38.0 Å². The van der Waals surface area contributed by atoms with Crippen LogP contribution in [0.5, 0.6) is 11.5 Å². The van der Waals surface area contributed by atoms with Crippen molar-refractivity contribution in [1.82, 2.24) is 0 Å². The van der Waals surface area contributed by atoms with Crippen LogP contribution in [0.1, 0.15) is 71.9 Å². The van der Waals surface area contributed by atoms with Crippen molar-refractivity contribution in [1.29, 1.82) is 0 Å². The molecular formula is C43H56O8. The van der Waals surface area contributed by atoms with E-state index in [4.69, 9.17) is 28.4 Å². The van der Waals surface area contributed by atoms with E-state index in [1.54, 1.807) is 26.4 Å². The van der Waals surface area contributed by atoms with Gasteiger partial charge in [-0.25, -0.2) is 0 Å². The van der Waals surface area contributed by atoms with Gasteiger partial charge in [0.15, 0.2) is 23.6 Å². The van der Waals surface area contributed by atoms with Gasteiger partial charge in [-0.05, 0) is 92.9 Å². The van der Waals surface area contributed by atoms with E-state index in [0.717, 1.165) is 34.3 Å². The van der Waals surface area contributed by atoms with Crippen LogP contribution >= 0.6 is 0 Å². The predicted octanol–water partition coefficient (Wildman–Crippen LogP) is 8.03. The number of hydrogen-bond donors (Lipinski definition) is 0. The number of hydrogen-bond acceptors (Lipinski definition) is 8. The highest BCUT2D eigenvalue weighted by atomic mass is 16.7. The van der Waals surface area contributed by atoms with Crippen LogP contribution in [0.2, 0.25) is 0 Å². The first-order valence-electron chi connectivity index (χ1n) is 18.3. The Morgan fingerprint density at radius 3 is 2.39 bits per heavy atom. The lowest BCUT2D eigenvalue weighted by Crippen LogP contribution is -2.57. The fraction of sp³-hybridized carbons (Fsp3) is 0.535.